The van der Waals surface area contributed by atoms with Gasteiger partial charge in [0.1, 0.15) is 12.3 Å². The highest BCUT2D eigenvalue weighted by Gasteiger charge is 2.70. The Morgan fingerprint density at radius 2 is 1.73 bits per heavy atom. The van der Waals surface area contributed by atoms with Crippen molar-refractivity contribution in [3.05, 3.63) is 35.5 Å². The highest BCUT2D eigenvalue weighted by Crippen LogP contribution is 2.76. The van der Waals surface area contributed by atoms with Crippen LogP contribution in [0.5, 0.6) is 0 Å². The molecule has 1 saturated heterocycles. The summed E-state index contributed by atoms with van der Waals surface area (Å²) in [5.41, 5.74) is 4.22. The van der Waals surface area contributed by atoms with Gasteiger partial charge in [0.15, 0.2) is 11.1 Å². The van der Waals surface area contributed by atoms with E-state index in [1.54, 1.807) is 0 Å². The third kappa shape index (κ3) is 6.00. The molecule has 0 amide bonds. The number of fused-ring (bicyclic) bond motifs is 7. The molecule has 0 radical (unpaired) electrons. The maximum Gasteiger partial charge on any atom is 0.293 e. The summed E-state index contributed by atoms with van der Waals surface area (Å²) in [4.78, 5) is 13.7. The molecular formula is C44H69FN2O4S. The maximum absolute atomic E-state index is 14.0. The Hall–Kier alpha value is -1.35. The van der Waals surface area contributed by atoms with E-state index in [2.05, 4.69) is 70.5 Å². The lowest BCUT2D eigenvalue weighted by Gasteiger charge is -2.72. The van der Waals surface area contributed by atoms with Crippen LogP contribution in [0.15, 0.2) is 35.5 Å². The number of likely N-dealkylation sites (tertiary alicyclic amines) is 1. The minimum atomic E-state index is -1.70. The van der Waals surface area contributed by atoms with Crippen LogP contribution in [0.3, 0.4) is 0 Å². The normalized spacial score (nSPS) is 45.3. The first kappa shape index (κ1) is 38.9. The van der Waals surface area contributed by atoms with E-state index in [4.69, 9.17) is 4.74 Å². The number of nitrogens with one attached hydrogen (secondary N) is 1. The van der Waals surface area contributed by atoms with Crippen molar-refractivity contribution in [2.75, 3.05) is 32.9 Å². The van der Waals surface area contributed by atoms with Gasteiger partial charge in [-0.05, 0) is 166 Å². The Bertz CT molecular complexity index is 1490. The van der Waals surface area contributed by atoms with E-state index < -0.39 is 23.4 Å². The third-order valence-corrected chi connectivity index (χ3v) is 18.9. The van der Waals surface area contributed by atoms with Gasteiger partial charge in [-0.15, -0.1) is 0 Å². The zero-order valence-electron chi connectivity index (χ0n) is 33.2. The number of carbonyl (C=O) groups is 1. The summed E-state index contributed by atoms with van der Waals surface area (Å²) in [6, 6.07) is 0. The van der Waals surface area contributed by atoms with Crippen LogP contribution in [0.1, 0.15) is 131 Å². The molecule has 11 atom stereocenters. The van der Waals surface area contributed by atoms with Gasteiger partial charge in [0, 0.05) is 25.0 Å². The smallest absolute Gasteiger partial charge is 0.293 e. The Labute approximate surface area is 316 Å². The summed E-state index contributed by atoms with van der Waals surface area (Å²) in [5, 5.41) is 4.20. The van der Waals surface area contributed by atoms with Gasteiger partial charge in [-0.25, -0.2) is 8.60 Å². The summed E-state index contributed by atoms with van der Waals surface area (Å²) in [6.07, 6.45) is 19.5. The van der Waals surface area contributed by atoms with Crippen molar-refractivity contribution in [3.63, 3.8) is 0 Å². The quantitative estimate of drug-likeness (QED) is 0.132. The molecule has 1 heterocycles. The number of nitrogens with zero attached hydrogens (tertiary/aromatic N) is 1. The molecular weight excluding hydrogens is 672 g/mol. The number of hydrogen-bond donors (Lipinski definition) is 2. The molecule has 8 heteroatoms. The highest BCUT2D eigenvalue weighted by molar-refractivity contribution is 7.79. The number of carbonyl (C=O) groups excluding carboxylic acids is 1. The van der Waals surface area contributed by atoms with Crippen LogP contribution in [0.25, 0.3) is 0 Å². The topological polar surface area (TPSA) is 78.9 Å². The number of allylic oxidation sites excluding steroid dienone is 4. The van der Waals surface area contributed by atoms with Crippen molar-refractivity contribution in [1.82, 2.24) is 10.2 Å². The summed E-state index contributed by atoms with van der Waals surface area (Å²) < 4.78 is 40.5. The van der Waals surface area contributed by atoms with Gasteiger partial charge < -0.3 is 19.5 Å². The molecule has 0 bridgehead atoms. The lowest BCUT2D eigenvalue weighted by molar-refractivity contribution is -0.221. The Morgan fingerprint density at radius 3 is 2.37 bits per heavy atom. The average Bonchev–Trinajstić information content (AvgIpc) is 3.49. The van der Waals surface area contributed by atoms with E-state index in [0.717, 1.165) is 51.9 Å². The molecule has 7 aliphatic rings. The fraction of sp³-hybridized carbons (Fsp3) is 0.841. The molecule has 0 aromatic carbocycles. The summed E-state index contributed by atoms with van der Waals surface area (Å²) in [6.45, 7) is 23.6. The second kappa shape index (κ2) is 14.0. The van der Waals surface area contributed by atoms with E-state index in [-0.39, 0.29) is 32.4 Å². The molecule has 6 aliphatic carbocycles. The van der Waals surface area contributed by atoms with Crippen LogP contribution in [0, 0.1) is 51.2 Å². The third-order valence-electron chi connectivity index (χ3n) is 17.8. The highest BCUT2D eigenvalue weighted by atomic mass is 32.2. The van der Waals surface area contributed by atoms with Crippen molar-refractivity contribution >= 4 is 17.6 Å². The van der Waals surface area contributed by atoms with Crippen LogP contribution >= 0.6 is 0 Å². The monoisotopic (exact) mass is 740 g/mol. The first-order valence-corrected chi connectivity index (χ1v) is 22.1. The summed E-state index contributed by atoms with van der Waals surface area (Å²) in [7, 11) is 0. The second-order valence-electron chi connectivity index (χ2n) is 20.1. The molecule has 52 heavy (non-hydrogen) atoms. The van der Waals surface area contributed by atoms with E-state index in [1.165, 1.54) is 68.1 Å². The van der Waals surface area contributed by atoms with Crippen molar-refractivity contribution in [2.24, 2.45) is 51.2 Å². The van der Waals surface area contributed by atoms with Crippen molar-refractivity contribution in [1.29, 1.82) is 0 Å². The zero-order chi connectivity index (χ0) is 37.3. The van der Waals surface area contributed by atoms with Crippen molar-refractivity contribution in [3.8, 4) is 0 Å². The van der Waals surface area contributed by atoms with Gasteiger partial charge in [-0.2, -0.15) is 0 Å². The maximum atomic E-state index is 14.0. The minimum Gasteiger partial charge on any atom is -0.458 e. The Balaban J connectivity index is 1.11. The molecule has 0 aromatic heterocycles. The Morgan fingerprint density at radius 1 is 0.981 bits per heavy atom. The van der Waals surface area contributed by atoms with Crippen LogP contribution in [0.4, 0.5) is 4.39 Å². The van der Waals surface area contributed by atoms with Crippen LogP contribution in [-0.2, 0) is 20.6 Å². The minimum absolute atomic E-state index is 0.0335. The fourth-order valence-electron chi connectivity index (χ4n) is 14.9. The van der Waals surface area contributed by atoms with Crippen molar-refractivity contribution in [2.45, 2.75) is 148 Å². The van der Waals surface area contributed by atoms with Gasteiger partial charge in [0.05, 0.1) is 5.25 Å². The summed E-state index contributed by atoms with van der Waals surface area (Å²) in [5.74, 6) is 3.17. The second-order valence-corrected chi connectivity index (χ2v) is 21.3. The summed E-state index contributed by atoms with van der Waals surface area (Å²) >= 11 is -1.70. The molecule has 6 nitrogen and oxygen atoms in total. The number of halogens is 1. The van der Waals surface area contributed by atoms with Crippen LogP contribution in [-0.4, -0.2) is 69.4 Å². The molecule has 1 aliphatic heterocycles. The van der Waals surface area contributed by atoms with E-state index >= 15 is 0 Å². The predicted octanol–water partition coefficient (Wildman–Crippen LogP) is 9.20. The van der Waals surface area contributed by atoms with Crippen LogP contribution < -0.4 is 5.32 Å². The Kier molecular flexibility index (Phi) is 10.5. The molecule has 5 fully saturated rings. The first-order valence-electron chi connectivity index (χ1n) is 20.9. The van der Waals surface area contributed by atoms with E-state index in [1.807, 2.05) is 0 Å². The standard InChI is InChI=1S/C44H69FN2O4S/c1-30(2)33-12-21-44(46-24-27-47-25-15-32(16-26-47)52(49)50)23-22-41(6)35(38(33)44)8-9-37-40(5)17-13-34(39(3,4)36(40)14-18-42(37,41)7)31-10-19-43(28-45,20-11-31)51-29-48/h10,13,29,32-33,35-38,46H,1,8-9,11-12,14-28H2,2-7H3,(H,49,50)/t33-,35+,36-,37+,38+,40-,41+,42+,43?,44-/m0/s1. The average molecular weight is 741 g/mol. The van der Waals surface area contributed by atoms with E-state index in [9.17, 15) is 17.9 Å². The van der Waals surface area contributed by atoms with Gasteiger partial charge >= 0.3 is 0 Å². The van der Waals surface area contributed by atoms with Crippen LogP contribution in [0.2, 0.25) is 0 Å². The van der Waals surface area contributed by atoms with Gasteiger partial charge in [0.25, 0.3) is 6.47 Å². The molecule has 0 spiro atoms. The van der Waals surface area contributed by atoms with Gasteiger partial charge in [-0.3, -0.25) is 4.79 Å². The first-order chi connectivity index (χ1) is 24.6. The largest absolute Gasteiger partial charge is 0.458 e. The number of hydrogen-bond acceptors (Lipinski definition) is 5. The molecule has 2 unspecified atom stereocenters. The lowest BCUT2D eigenvalue weighted by Crippen LogP contribution is -2.68. The number of alkyl halides is 1. The molecule has 7 rings (SSSR count). The van der Waals surface area contributed by atoms with Gasteiger partial charge in [-0.1, -0.05) is 58.9 Å². The zero-order valence-corrected chi connectivity index (χ0v) is 34.1. The number of ether oxygens (including phenoxy) is 1. The molecule has 292 valence electrons. The lowest BCUT2D eigenvalue weighted by atomic mass is 9.33. The number of rotatable bonds is 10. The van der Waals surface area contributed by atoms with E-state index in [0.29, 0.717) is 48.9 Å². The molecule has 4 saturated carbocycles. The SMILES string of the molecule is C=C(C)[C@@H]1CC[C@]2(NCCN3CCC(S(=O)O)CC3)CC[C@]3(C)[C@H](CC[C@@H]4[C@@]5(C)CC=C(C6=CCC(CF)(OC=O)CC6)C(C)(C)[C@@H]5CC[C@]43C)[C@@H]12. The predicted molar refractivity (Wildman–Crippen MR) is 209 cm³/mol. The molecule has 2 N–H and O–H groups in total. The van der Waals surface area contributed by atoms with Crippen molar-refractivity contribution < 1.29 is 22.7 Å². The molecule has 0 aromatic rings. The fourth-order valence-corrected chi connectivity index (χ4v) is 15.5. The van der Waals surface area contributed by atoms with Gasteiger partial charge in [0.2, 0.25) is 0 Å². The number of piperidine rings is 1.